The van der Waals surface area contributed by atoms with Crippen molar-refractivity contribution in [1.29, 1.82) is 0 Å². The van der Waals surface area contributed by atoms with Gasteiger partial charge in [-0.25, -0.2) is 9.97 Å². The maximum atomic E-state index is 12.4. The Balaban J connectivity index is 0.987. The summed E-state index contributed by atoms with van der Waals surface area (Å²) in [5, 5.41) is 6.29. The van der Waals surface area contributed by atoms with Gasteiger partial charge in [0.1, 0.15) is 6.10 Å². The lowest BCUT2D eigenvalue weighted by atomic mass is 9.91. The zero-order valence-corrected chi connectivity index (χ0v) is 28.1. The lowest BCUT2D eigenvalue weighted by molar-refractivity contribution is -0.124. The van der Waals surface area contributed by atoms with Crippen molar-refractivity contribution in [3.63, 3.8) is 0 Å². The van der Waals surface area contributed by atoms with Gasteiger partial charge in [-0.1, -0.05) is 44.2 Å². The topological polar surface area (TPSA) is 85.9 Å². The second-order valence-electron chi connectivity index (χ2n) is 13.6. The molecular formula is C38H47N7O2. The summed E-state index contributed by atoms with van der Waals surface area (Å²) >= 11 is 0. The Morgan fingerprint density at radius 2 is 1.68 bits per heavy atom. The van der Waals surface area contributed by atoms with Gasteiger partial charge in [-0.2, -0.15) is 0 Å². The van der Waals surface area contributed by atoms with E-state index in [1.807, 2.05) is 30.3 Å². The van der Waals surface area contributed by atoms with Gasteiger partial charge >= 0.3 is 0 Å². The van der Waals surface area contributed by atoms with Gasteiger partial charge in [-0.3, -0.25) is 9.69 Å². The van der Waals surface area contributed by atoms with Crippen LogP contribution in [0.15, 0.2) is 85.1 Å². The number of para-hydroxylation sites is 1. The summed E-state index contributed by atoms with van der Waals surface area (Å²) in [4.78, 5) is 29.0. The molecule has 1 aromatic heterocycles. The van der Waals surface area contributed by atoms with Crippen LogP contribution in [-0.2, 0) is 9.53 Å². The van der Waals surface area contributed by atoms with E-state index < -0.39 is 0 Å². The normalized spacial score (nSPS) is 17.0. The monoisotopic (exact) mass is 633 g/mol. The lowest BCUT2D eigenvalue weighted by Gasteiger charge is -2.41. The Hall–Kier alpha value is -4.47. The first-order chi connectivity index (χ1) is 22.7. The molecular weight excluding hydrogens is 586 g/mol. The molecule has 2 fully saturated rings. The van der Waals surface area contributed by atoms with Gasteiger partial charge in [-0.15, -0.1) is 0 Å². The van der Waals surface area contributed by atoms with Crippen LogP contribution in [0.25, 0.3) is 11.3 Å². The van der Waals surface area contributed by atoms with E-state index in [0.717, 1.165) is 74.7 Å². The van der Waals surface area contributed by atoms with Gasteiger partial charge in [0.15, 0.2) is 0 Å². The maximum absolute atomic E-state index is 12.4. The predicted molar refractivity (Wildman–Crippen MR) is 192 cm³/mol. The van der Waals surface area contributed by atoms with Crippen molar-refractivity contribution >= 4 is 34.6 Å². The summed E-state index contributed by atoms with van der Waals surface area (Å²) in [5.74, 6) is 0.449. The number of rotatable bonds is 11. The van der Waals surface area contributed by atoms with E-state index in [-0.39, 0.29) is 17.4 Å². The van der Waals surface area contributed by atoms with Crippen LogP contribution in [0.2, 0.25) is 0 Å². The number of aromatic nitrogens is 2. The third-order valence-corrected chi connectivity index (χ3v) is 9.03. The van der Waals surface area contributed by atoms with Crippen LogP contribution in [0.4, 0.5) is 28.7 Å². The summed E-state index contributed by atoms with van der Waals surface area (Å²) < 4.78 is 5.48. The molecule has 3 heterocycles. The van der Waals surface area contributed by atoms with Crippen LogP contribution < -0.4 is 20.4 Å². The van der Waals surface area contributed by atoms with Gasteiger partial charge in [0.25, 0.3) is 5.91 Å². The average Bonchev–Trinajstić information content (AvgIpc) is 3.62. The first-order valence-electron chi connectivity index (χ1n) is 16.7. The molecule has 1 amide bonds. The number of nitrogens with one attached hydrogen (secondary N) is 2. The summed E-state index contributed by atoms with van der Waals surface area (Å²) in [6, 6.07) is 26.7. The fourth-order valence-electron chi connectivity index (χ4n) is 6.73. The van der Waals surface area contributed by atoms with E-state index in [4.69, 9.17) is 9.72 Å². The van der Waals surface area contributed by atoms with Crippen LogP contribution in [0.1, 0.15) is 32.3 Å². The highest BCUT2D eigenvalue weighted by molar-refractivity contribution is 5.94. The van der Waals surface area contributed by atoms with Crippen molar-refractivity contribution in [2.24, 2.45) is 5.41 Å². The molecule has 3 aromatic carbocycles. The molecule has 47 heavy (non-hydrogen) atoms. The Labute approximate surface area is 279 Å². The molecule has 0 unspecified atom stereocenters. The molecule has 0 bridgehead atoms. The van der Waals surface area contributed by atoms with Gasteiger partial charge in [-0.05, 0) is 79.3 Å². The highest BCUT2D eigenvalue weighted by atomic mass is 16.5. The van der Waals surface area contributed by atoms with Crippen LogP contribution >= 0.6 is 0 Å². The highest BCUT2D eigenvalue weighted by Crippen LogP contribution is 2.27. The lowest BCUT2D eigenvalue weighted by Crippen LogP contribution is -2.50. The van der Waals surface area contributed by atoms with Gasteiger partial charge in [0, 0.05) is 87.4 Å². The smallest absolute Gasteiger partial charge is 0.253 e. The summed E-state index contributed by atoms with van der Waals surface area (Å²) in [6.07, 6.45) is 3.10. The number of hydrogen-bond donors (Lipinski definition) is 2. The number of carbonyl (C=O) groups is 1. The molecule has 1 atom stereocenters. The van der Waals surface area contributed by atoms with E-state index in [9.17, 15) is 4.79 Å². The van der Waals surface area contributed by atoms with E-state index in [1.165, 1.54) is 16.9 Å². The zero-order valence-electron chi connectivity index (χ0n) is 28.1. The maximum Gasteiger partial charge on any atom is 0.253 e. The highest BCUT2D eigenvalue weighted by Gasteiger charge is 2.27. The predicted octanol–water partition coefficient (Wildman–Crippen LogP) is 6.60. The summed E-state index contributed by atoms with van der Waals surface area (Å²) in [7, 11) is 2.21. The van der Waals surface area contributed by atoms with E-state index in [2.05, 4.69) is 107 Å². The first kappa shape index (κ1) is 32.5. The van der Waals surface area contributed by atoms with Crippen molar-refractivity contribution in [3.8, 4) is 11.3 Å². The molecule has 0 spiro atoms. The Bertz CT molecular complexity index is 1630. The molecule has 0 saturated carbocycles. The molecule has 0 radical (unpaired) electrons. The fourth-order valence-corrected chi connectivity index (χ4v) is 6.73. The molecule has 6 rings (SSSR count). The van der Waals surface area contributed by atoms with Crippen LogP contribution in [0.5, 0.6) is 0 Å². The van der Waals surface area contributed by atoms with Gasteiger partial charge < -0.3 is 25.2 Å². The first-order valence-corrected chi connectivity index (χ1v) is 16.7. The Kier molecular flexibility index (Phi) is 10.0. The molecule has 2 saturated heterocycles. The molecule has 9 heteroatoms. The van der Waals surface area contributed by atoms with Gasteiger partial charge in [0.2, 0.25) is 5.95 Å². The Morgan fingerprint density at radius 1 is 0.957 bits per heavy atom. The number of aryl methyl sites for hydroxylation is 1. The van der Waals surface area contributed by atoms with Gasteiger partial charge in [0.05, 0.1) is 5.69 Å². The number of anilines is 5. The van der Waals surface area contributed by atoms with Crippen LogP contribution in [0.3, 0.4) is 0 Å². The number of nitrogens with zero attached hydrogens (tertiary/aromatic N) is 5. The Morgan fingerprint density at radius 3 is 2.38 bits per heavy atom. The minimum atomic E-state index is -0.352. The minimum Gasteiger partial charge on any atom is -0.374 e. The summed E-state index contributed by atoms with van der Waals surface area (Å²) in [5.41, 5.74) is 7.48. The second kappa shape index (κ2) is 14.5. The quantitative estimate of drug-likeness (QED) is 0.191. The van der Waals surface area contributed by atoms with Crippen molar-refractivity contribution < 1.29 is 9.53 Å². The van der Waals surface area contributed by atoms with Crippen LogP contribution in [-0.4, -0.2) is 79.8 Å². The van der Waals surface area contributed by atoms with Crippen molar-refractivity contribution in [2.45, 2.75) is 39.7 Å². The third kappa shape index (κ3) is 8.47. The zero-order chi connectivity index (χ0) is 32.8. The summed E-state index contributed by atoms with van der Waals surface area (Å²) in [6.45, 7) is 13.8. The fraction of sp³-hybridized carbons (Fsp3) is 0.395. The number of benzene rings is 3. The third-order valence-electron chi connectivity index (χ3n) is 9.03. The number of hydrogen-bond acceptors (Lipinski definition) is 8. The average molecular weight is 634 g/mol. The second-order valence-corrected chi connectivity index (χ2v) is 13.6. The van der Waals surface area contributed by atoms with E-state index >= 15 is 0 Å². The molecule has 9 nitrogen and oxygen atoms in total. The number of piperazine rings is 1. The van der Waals surface area contributed by atoms with Crippen LogP contribution in [0, 0.1) is 12.3 Å². The minimum absolute atomic E-state index is 0.0884. The van der Waals surface area contributed by atoms with E-state index in [0.29, 0.717) is 12.6 Å². The number of amides is 1. The number of carbonyl (C=O) groups excluding carboxylic acids is 1. The molecule has 2 N–H and O–H groups in total. The molecule has 2 aliphatic rings. The molecule has 0 aliphatic carbocycles. The van der Waals surface area contributed by atoms with Crippen molar-refractivity contribution in [1.82, 2.24) is 14.9 Å². The number of ether oxygens (including phenoxy) is 1. The van der Waals surface area contributed by atoms with E-state index in [1.54, 1.807) is 6.20 Å². The molecule has 4 aromatic rings. The standard InChI is InChI=1S/C38H47N7O2/c1-28-8-5-6-9-34(28)43(4)26-38(2,3)27-44-21-23-45(24-22-44)32-17-15-31(16-18-32)41-37-39-20-19-33(42-37)29-11-13-30(14-12-29)40-36(46)35-10-7-25-47-35/h5-6,8-9,11-20,35H,7,10,21-27H2,1-4H3,(H,40,46)(H,39,41,42)/t35-/m0/s1. The van der Waals surface area contributed by atoms with Crippen molar-refractivity contribution in [2.75, 3.05) is 73.4 Å². The molecule has 246 valence electrons. The van der Waals surface area contributed by atoms with Crippen molar-refractivity contribution in [3.05, 3.63) is 90.6 Å². The SMILES string of the molecule is Cc1ccccc1N(C)CC(C)(C)CN1CCN(c2ccc(Nc3nccc(-c4ccc(NC(=O)[C@@H]5CCCO5)cc4)n3)cc2)CC1. The largest absolute Gasteiger partial charge is 0.374 e. The molecule has 2 aliphatic heterocycles.